The van der Waals surface area contributed by atoms with Crippen LogP contribution < -0.4 is 5.32 Å². The Balaban J connectivity index is 1.91. The fraction of sp³-hybridized carbons (Fsp3) is 0.500. The van der Waals surface area contributed by atoms with Crippen molar-refractivity contribution in [2.24, 2.45) is 0 Å². The maximum Gasteiger partial charge on any atom is 0.126 e. The highest BCUT2D eigenvalue weighted by Crippen LogP contribution is 2.38. The summed E-state index contributed by atoms with van der Waals surface area (Å²) in [6, 6.07) is 7.89. The molecule has 2 aliphatic rings. The van der Waals surface area contributed by atoms with Crippen molar-refractivity contribution in [1.82, 2.24) is 5.32 Å². The summed E-state index contributed by atoms with van der Waals surface area (Å²) < 4.78 is 13.8. The summed E-state index contributed by atoms with van der Waals surface area (Å²) in [5.74, 6) is 0.123. The summed E-state index contributed by atoms with van der Waals surface area (Å²) in [5, 5.41) is 12.4. The minimum absolute atomic E-state index is 0.157. The molecule has 2 heterocycles. The SMILES string of the molecule is N#Cc1ccc(F)c(C2CC3CCC(C2)N3)c1. The predicted octanol–water partition coefficient (Wildman–Crippen LogP) is 2.70. The van der Waals surface area contributed by atoms with Gasteiger partial charge in [0.05, 0.1) is 11.6 Å². The van der Waals surface area contributed by atoms with E-state index in [4.69, 9.17) is 5.26 Å². The van der Waals surface area contributed by atoms with Crippen LogP contribution in [0.4, 0.5) is 4.39 Å². The van der Waals surface area contributed by atoms with E-state index in [1.54, 1.807) is 12.1 Å². The van der Waals surface area contributed by atoms with Gasteiger partial charge in [-0.1, -0.05) is 0 Å². The second kappa shape index (κ2) is 4.12. The zero-order valence-corrected chi connectivity index (χ0v) is 9.62. The van der Waals surface area contributed by atoms with E-state index in [1.807, 2.05) is 0 Å². The third-order valence-electron chi connectivity index (χ3n) is 4.04. The first-order chi connectivity index (χ1) is 8.26. The van der Waals surface area contributed by atoms with Crippen molar-refractivity contribution in [3.05, 3.63) is 35.1 Å². The van der Waals surface area contributed by atoms with Crippen LogP contribution in [-0.2, 0) is 0 Å². The lowest BCUT2D eigenvalue weighted by Crippen LogP contribution is -2.37. The minimum Gasteiger partial charge on any atom is -0.311 e. The van der Waals surface area contributed by atoms with Gasteiger partial charge in [-0.15, -0.1) is 0 Å². The zero-order valence-electron chi connectivity index (χ0n) is 9.62. The van der Waals surface area contributed by atoms with Crippen LogP contribution in [0.1, 0.15) is 42.7 Å². The molecular weight excluding hydrogens is 215 g/mol. The monoisotopic (exact) mass is 230 g/mol. The zero-order chi connectivity index (χ0) is 11.8. The standard InChI is InChI=1S/C14H15FN2/c15-14-4-1-9(8-16)5-13(14)10-6-11-2-3-12(7-10)17-11/h1,4-5,10-12,17H,2-3,6-7H2. The number of nitriles is 1. The third-order valence-corrected chi connectivity index (χ3v) is 4.04. The fourth-order valence-electron chi connectivity index (χ4n) is 3.24. The molecule has 3 rings (SSSR count). The molecule has 2 nitrogen and oxygen atoms in total. The van der Waals surface area contributed by atoms with Crippen LogP contribution >= 0.6 is 0 Å². The van der Waals surface area contributed by atoms with E-state index >= 15 is 0 Å². The van der Waals surface area contributed by atoms with Crippen molar-refractivity contribution < 1.29 is 4.39 Å². The highest BCUT2D eigenvalue weighted by atomic mass is 19.1. The van der Waals surface area contributed by atoms with Crippen LogP contribution in [0.15, 0.2) is 18.2 Å². The van der Waals surface area contributed by atoms with Gasteiger partial charge >= 0.3 is 0 Å². The molecule has 17 heavy (non-hydrogen) atoms. The molecule has 88 valence electrons. The van der Waals surface area contributed by atoms with Crippen molar-refractivity contribution in [1.29, 1.82) is 5.26 Å². The predicted molar refractivity (Wildman–Crippen MR) is 63.0 cm³/mol. The molecule has 1 aromatic rings. The Morgan fingerprint density at radius 1 is 1.24 bits per heavy atom. The Kier molecular flexibility index (Phi) is 2.60. The van der Waals surface area contributed by atoms with Gasteiger partial charge in [-0.05, 0) is 55.4 Å². The van der Waals surface area contributed by atoms with Gasteiger partial charge in [0.25, 0.3) is 0 Å². The fourth-order valence-corrected chi connectivity index (χ4v) is 3.24. The van der Waals surface area contributed by atoms with Gasteiger partial charge in [0.15, 0.2) is 0 Å². The van der Waals surface area contributed by atoms with Crippen LogP contribution in [0.2, 0.25) is 0 Å². The van der Waals surface area contributed by atoms with Crippen LogP contribution in [-0.4, -0.2) is 12.1 Å². The number of piperidine rings is 1. The molecule has 1 N–H and O–H groups in total. The molecule has 2 unspecified atom stereocenters. The molecule has 3 heteroatoms. The Hall–Kier alpha value is -1.40. The number of rotatable bonds is 1. The summed E-state index contributed by atoms with van der Waals surface area (Å²) >= 11 is 0. The first-order valence-corrected chi connectivity index (χ1v) is 6.22. The molecule has 0 radical (unpaired) electrons. The van der Waals surface area contributed by atoms with Gasteiger partial charge in [-0.3, -0.25) is 0 Å². The van der Waals surface area contributed by atoms with Gasteiger partial charge < -0.3 is 5.32 Å². The van der Waals surface area contributed by atoms with Gasteiger partial charge in [0.2, 0.25) is 0 Å². The lowest BCUT2D eigenvalue weighted by atomic mass is 9.85. The van der Waals surface area contributed by atoms with Gasteiger partial charge in [-0.2, -0.15) is 5.26 Å². The van der Waals surface area contributed by atoms with E-state index in [2.05, 4.69) is 11.4 Å². The first-order valence-electron chi connectivity index (χ1n) is 6.22. The summed E-state index contributed by atoms with van der Waals surface area (Å²) in [6.45, 7) is 0. The molecule has 2 aliphatic heterocycles. The summed E-state index contributed by atoms with van der Waals surface area (Å²) in [6.07, 6.45) is 4.42. The Morgan fingerprint density at radius 2 is 1.94 bits per heavy atom. The molecule has 2 saturated heterocycles. The van der Waals surface area contributed by atoms with Crippen molar-refractivity contribution in [3.63, 3.8) is 0 Å². The number of hydrogen-bond donors (Lipinski definition) is 1. The highest BCUT2D eigenvalue weighted by Gasteiger charge is 2.34. The van der Waals surface area contributed by atoms with Crippen LogP contribution in [0.5, 0.6) is 0 Å². The maximum absolute atomic E-state index is 13.8. The molecule has 2 fully saturated rings. The smallest absolute Gasteiger partial charge is 0.126 e. The molecule has 1 aromatic carbocycles. The van der Waals surface area contributed by atoms with Gasteiger partial charge in [-0.25, -0.2) is 4.39 Å². The molecule has 2 atom stereocenters. The van der Waals surface area contributed by atoms with Crippen LogP contribution in [0.25, 0.3) is 0 Å². The normalized spacial score (nSPS) is 31.2. The number of fused-ring (bicyclic) bond motifs is 2. The Morgan fingerprint density at radius 3 is 2.59 bits per heavy atom. The van der Waals surface area contributed by atoms with Crippen molar-refractivity contribution in [2.75, 3.05) is 0 Å². The average Bonchev–Trinajstić information content (AvgIpc) is 2.69. The highest BCUT2D eigenvalue weighted by molar-refractivity contribution is 5.36. The van der Waals surface area contributed by atoms with Crippen molar-refractivity contribution in [3.8, 4) is 6.07 Å². The maximum atomic E-state index is 13.8. The first kappa shape index (κ1) is 10.7. The molecule has 2 bridgehead atoms. The number of nitrogens with one attached hydrogen (secondary N) is 1. The summed E-state index contributed by atoms with van der Waals surface area (Å²) in [4.78, 5) is 0. The largest absolute Gasteiger partial charge is 0.311 e. The van der Waals surface area contributed by atoms with E-state index in [0.29, 0.717) is 17.6 Å². The molecule has 0 aromatic heterocycles. The minimum atomic E-state index is -0.157. The lowest BCUT2D eigenvalue weighted by molar-refractivity contribution is 0.356. The Bertz CT molecular complexity index is 466. The van der Waals surface area contributed by atoms with Crippen molar-refractivity contribution in [2.45, 2.75) is 43.7 Å². The molecular formula is C14H15FN2. The van der Waals surface area contributed by atoms with E-state index in [9.17, 15) is 4.39 Å². The molecule has 0 amide bonds. The number of hydrogen-bond acceptors (Lipinski definition) is 2. The quantitative estimate of drug-likeness (QED) is 0.805. The molecule has 0 saturated carbocycles. The summed E-state index contributed by atoms with van der Waals surface area (Å²) in [5.41, 5.74) is 1.30. The van der Waals surface area contributed by atoms with Gasteiger partial charge in [0.1, 0.15) is 5.82 Å². The second-order valence-electron chi connectivity index (χ2n) is 5.15. The van der Waals surface area contributed by atoms with Crippen LogP contribution in [0.3, 0.4) is 0 Å². The topological polar surface area (TPSA) is 35.8 Å². The molecule has 0 spiro atoms. The van der Waals surface area contributed by atoms with E-state index < -0.39 is 0 Å². The second-order valence-corrected chi connectivity index (χ2v) is 5.15. The van der Waals surface area contributed by atoms with E-state index in [1.165, 1.54) is 18.9 Å². The number of nitrogens with zero attached hydrogens (tertiary/aromatic N) is 1. The average molecular weight is 230 g/mol. The number of benzene rings is 1. The lowest BCUT2D eigenvalue weighted by Gasteiger charge is -2.29. The van der Waals surface area contributed by atoms with E-state index in [0.717, 1.165) is 18.4 Å². The van der Waals surface area contributed by atoms with Crippen molar-refractivity contribution >= 4 is 0 Å². The third kappa shape index (κ3) is 1.94. The molecule has 0 aliphatic carbocycles. The van der Waals surface area contributed by atoms with Crippen LogP contribution in [0, 0.1) is 17.1 Å². The van der Waals surface area contributed by atoms with E-state index in [-0.39, 0.29) is 11.7 Å². The summed E-state index contributed by atoms with van der Waals surface area (Å²) in [7, 11) is 0. The Labute approximate surface area is 100 Å². The van der Waals surface area contributed by atoms with Gasteiger partial charge in [0, 0.05) is 12.1 Å². The number of halogens is 1.